The highest BCUT2D eigenvalue weighted by Gasteiger charge is 2.26. The summed E-state index contributed by atoms with van der Waals surface area (Å²) in [6, 6.07) is 7.29. The molecule has 0 spiro atoms. The molecule has 1 aromatic carbocycles. The van der Waals surface area contributed by atoms with Gasteiger partial charge in [0.2, 0.25) is 0 Å². The summed E-state index contributed by atoms with van der Waals surface area (Å²) in [5.74, 6) is 0.915. The Labute approximate surface area is 143 Å². The molecule has 0 atom stereocenters. The molecule has 3 rings (SSSR count). The lowest BCUT2D eigenvalue weighted by atomic mass is 10.0. The second-order valence-electron chi connectivity index (χ2n) is 7.19. The summed E-state index contributed by atoms with van der Waals surface area (Å²) in [6.07, 6.45) is 3.80. The van der Waals surface area contributed by atoms with E-state index in [0.29, 0.717) is 11.3 Å². The number of nitrogens with zero attached hydrogens (tertiary/aromatic N) is 1. The van der Waals surface area contributed by atoms with Crippen molar-refractivity contribution >= 4 is 16.9 Å². The van der Waals surface area contributed by atoms with Gasteiger partial charge in [-0.15, -0.1) is 0 Å². The number of fused-ring (bicyclic) bond motifs is 1. The molecule has 1 amide bonds. The van der Waals surface area contributed by atoms with Crippen LogP contribution < -0.4 is 10.1 Å². The average Bonchev–Trinajstić information content (AvgIpc) is 2.98. The standard InChI is InChI=1S/C19H26N2O3/c1-19(2,13-21-9-5-4-6-10-21)20-18(22)17-12-14-11-15(23-3)7-8-16(14)24-17/h7-8,11-12H,4-6,9-10,13H2,1-3H3,(H,20,22). The molecule has 2 heterocycles. The van der Waals surface area contributed by atoms with Crippen LogP contribution in [-0.2, 0) is 0 Å². The lowest BCUT2D eigenvalue weighted by Crippen LogP contribution is -2.52. The lowest BCUT2D eigenvalue weighted by molar-refractivity contribution is 0.0852. The number of rotatable bonds is 5. The molecule has 130 valence electrons. The van der Waals surface area contributed by atoms with E-state index in [0.717, 1.165) is 30.8 Å². The predicted octanol–water partition coefficient (Wildman–Crippen LogP) is 3.44. The van der Waals surface area contributed by atoms with Crippen molar-refractivity contribution in [2.45, 2.75) is 38.6 Å². The van der Waals surface area contributed by atoms with E-state index in [2.05, 4.69) is 24.1 Å². The summed E-state index contributed by atoms with van der Waals surface area (Å²) in [7, 11) is 1.62. The molecule has 0 saturated carbocycles. The van der Waals surface area contributed by atoms with E-state index in [9.17, 15) is 4.79 Å². The average molecular weight is 330 g/mol. The van der Waals surface area contributed by atoms with Gasteiger partial charge in [0.1, 0.15) is 11.3 Å². The molecular formula is C19H26N2O3. The Bertz CT molecular complexity index is 714. The molecule has 5 heteroatoms. The molecule has 1 aliphatic rings. The first kappa shape index (κ1) is 16.8. The van der Waals surface area contributed by atoms with Gasteiger partial charge in [0.15, 0.2) is 5.76 Å². The van der Waals surface area contributed by atoms with Crippen molar-refractivity contribution in [3.63, 3.8) is 0 Å². The highest BCUT2D eigenvalue weighted by atomic mass is 16.5. The van der Waals surface area contributed by atoms with E-state index in [4.69, 9.17) is 9.15 Å². The van der Waals surface area contributed by atoms with Crippen molar-refractivity contribution in [3.8, 4) is 5.75 Å². The topological polar surface area (TPSA) is 54.7 Å². The molecule has 0 bridgehead atoms. The molecule has 0 radical (unpaired) electrons. The van der Waals surface area contributed by atoms with Gasteiger partial charge in [-0.2, -0.15) is 0 Å². The third-order valence-electron chi connectivity index (χ3n) is 4.47. The first-order valence-corrected chi connectivity index (χ1v) is 8.59. The number of carbonyl (C=O) groups is 1. The summed E-state index contributed by atoms with van der Waals surface area (Å²) < 4.78 is 10.9. The van der Waals surface area contributed by atoms with Crippen molar-refractivity contribution in [2.24, 2.45) is 0 Å². The Morgan fingerprint density at radius 1 is 1.25 bits per heavy atom. The molecule has 1 N–H and O–H groups in total. The molecule has 1 fully saturated rings. The normalized spacial score (nSPS) is 16.3. The number of likely N-dealkylation sites (tertiary alicyclic amines) is 1. The largest absolute Gasteiger partial charge is 0.497 e. The number of methoxy groups -OCH3 is 1. The van der Waals surface area contributed by atoms with Crippen LogP contribution in [0.4, 0.5) is 0 Å². The van der Waals surface area contributed by atoms with Gasteiger partial charge in [-0.3, -0.25) is 4.79 Å². The van der Waals surface area contributed by atoms with Crippen LogP contribution in [0, 0.1) is 0 Å². The van der Waals surface area contributed by atoms with Crippen molar-refractivity contribution in [1.29, 1.82) is 0 Å². The zero-order chi connectivity index (χ0) is 17.2. The molecule has 2 aromatic rings. The summed E-state index contributed by atoms with van der Waals surface area (Å²) >= 11 is 0. The highest BCUT2D eigenvalue weighted by molar-refractivity contribution is 5.96. The Morgan fingerprint density at radius 3 is 2.71 bits per heavy atom. The Morgan fingerprint density at radius 2 is 2.00 bits per heavy atom. The van der Waals surface area contributed by atoms with Crippen molar-refractivity contribution in [3.05, 3.63) is 30.0 Å². The fourth-order valence-corrected chi connectivity index (χ4v) is 3.35. The van der Waals surface area contributed by atoms with Crippen LogP contribution in [-0.4, -0.2) is 43.1 Å². The van der Waals surface area contributed by atoms with E-state index >= 15 is 0 Å². The molecular weight excluding hydrogens is 304 g/mol. The van der Waals surface area contributed by atoms with Crippen LogP contribution in [0.5, 0.6) is 5.75 Å². The quantitative estimate of drug-likeness (QED) is 0.912. The summed E-state index contributed by atoms with van der Waals surface area (Å²) in [5, 5.41) is 3.97. The van der Waals surface area contributed by atoms with E-state index < -0.39 is 0 Å². The van der Waals surface area contributed by atoms with Gasteiger partial charge in [0, 0.05) is 17.5 Å². The minimum absolute atomic E-state index is 0.174. The number of piperidine rings is 1. The van der Waals surface area contributed by atoms with Crippen LogP contribution in [0.2, 0.25) is 0 Å². The minimum atomic E-state index is -0.301. The zero-order valence-electron chi connectivity index (χ0n) is 14.7. The van der Waals surface area contributed by atoms with Crippen molar-refractivity contribution < 1.29 is 13.9 Å². The number of amides is 1. The maximum absolute atomic E-state index is 12.6. The Balaban J connectivity index is 1.69. The maximum Gasteiger partial charge on any atom is 0.287 e. The van der Waals surface area contributed by atoms with E-state index in [1.807, 2.05) is 18.2 Å². The summed E-state index contributed by atoms with van der Waals surface area (Å²) in [6.45, 7) is 7.20. The molecule has 24 heavy (non-hydrogen) atoms. The van der Waals surface area contributed by atoms with Gasteiger partial charge in [0.25, 0.3) is 5.91 Å². The highest BCUT2D eigenvalue weighted by Crippen LogP contribution is 2.24. The number of ether oxygens (including phenoxy) is 1. The van der Waals surface area contributed by atoms with Crippen LogP contribution >= 0.6 is 0 Å². The SMILES string of the molecule is COc1ccc2oc(C(=O)NC(C)(C)CN3CCCCC3)cc2c1. The first-order chi connectivity index (χ1) is 11.5. The third-order valence-corrected chi connectivity index (χ3v) is 4.47. The first-order valence-electron chi connectivity index (χ1n) is 8.59. The van der Waals surface area contributed by atoms with E-state index in [1.54, 1.807) is 13.2 Å². The summed E-state index contributed by atoms with van der Waals surface area (Å²) in [4.78, 5) is 15.0. The van der Waals surface area contributed by atoms with Crippen LogP contribution in [0.25, 0.3) is 11.0 Å². The molecule has 1 saturated heterocycles. The van der Waals surface area contributed by atoms with Gasteiger partial charge in [-0.25, -0.2) is 0 Å². The maximum atomic E-state index is 12.6. The second kappa shape index (κ2) is 6.85. The third kappa shape index (κ3) is 3.90. The number of benzene rings is 1. The minimum Gasteiger partial charge on any atom is -0.497 e. The number of nitrogens with one attached hydrogen (secondary N) is 1. The smallest absolute Gasteiger partial charge is 0.287 e. The number of hydrogen-bond acceptors (Lipinski definition) is 4. The number of hydrogen-bond donors (Lipinski definition) is 1. The fraction of sp³-hybridized carbons (Fsp3) is 0.526. The fourth-order valence-electron chi connectivity index (χ4n) is 3.35. The second-order valence-corrected chi connectivity index (χ2v) is 7.19. The number of carbonyl (C=O) groups excluding carboxylic acids is 1. The lowest BCUT2D eigenvalue weighted by Gasteiger charge is -2.35. The van der Waals surface area contributed by atoms with E-state index in [-0.39, 0.29) is 11.4 Å². The van der Waals surface area contributed by atoms with E-state index in [1.165, 1.54) is 19.3 Å². The van der Waals surface area contributed by atoms with Crippen LogP contribution in [0.15, 0.2) is 28.7 Å². The molecule has 5 nitrogen and oxygen atoms in total. The molecule has 1 aliphatic heterocycles. The summed E-state index contributed by atoms with van der Waals surface area (Å²) in [5.41, 5.74) is 0.389. The number of furan rings is 1. The van der Waals surface area contributed by atoms with Crippen molar-refractivity contribution in [2.75, 3.05) is 26.7 Å². The zero-order valence-corrected chi connectivity index (χ0v) is 14.7. The van der Waals surface area contributed by atoms with Crippen LogP contribution in [0.3, 0.4) is 0 Å². The van der Waals surface area contributed by atoms with Gasteiger partial charge < -0.3 is 19.4 Å². The van der Waals surface area contributed by atoms with Gasteiger partial charge in [0.05, 0.1) is 7.11 Å². The van der Waals surface area contributed by atoms with Gasteiger partial charge in [-0.05, 0) is 64.0 Å². The van der Waals surface area contributed by atoms with Gasteiger partial charge in [-0.1, -0.05) is 6.42 Å². The Kier molecular flexibility index (Phi) is 4.81. The van der Waals surface area contributed by atoms with Gasteiger partial charge >= 0.3 is 0 Å². The van der Waals surface area contributed by atoms with Crippen molar-refractivity contribution in [1.82, 2.24) is 10.2 Å². The van der Waals surface area contributed by atoms with Crippen LogP contribution in [0.1, 0.15) is 43.7 Å². The predicted molar refractivity (Wildman–Crippen MR) is 94.6 cm³/mol. The Hall–Kier alpha value is -2.01. The molecule has 0 aliphatic carbocycles. The monoisotopic (exact) mass is 330 g/mol. The molecule has 1 aromatic heterocycles. The molecule has 0 unspecified atom stereocenters.